The zero-order valence-electron chi connectivity index (χ0n) is 4.48. The Morgan fingerprint density at radius 2 is 2.56 bits per heavy atom. The molecule has 0 spiro atoms. The zero-order chi connectivity index (χ0) is 6.27. The van der Waals surface area contributed by atoms with Gasteiger partial charge >= 0.3 is 0 Å². The molecule has 2 heterocycles. The lowest BCUT2D eigenvalue weighted by molar-refractivity contribution is 0.434. The fraction of sp³-hybridized carbons (Fsp3) is 0. The Morgan fingerprint density at radius 3 is 3.33 bits per heavy atom. The van der Waals surface area contributed by atoms with Gasteiger partial charge in [0.1, 0.15) is 0 Å². The molecule has 1 N–H and O–H groups in total. The van der Waals surface area contributed by atoms with Crippen molar-refractivity contribution < 1.29 is 9.52 Å². The second-order valence-corrected chi connectivity index (χ2v) is 1.68. The Labute approximate surface area is 50.3 Å². The molecule has 4 nitrogen and oxygen atoms in total. The third kappa shape index (κ3) is 0.440. The summed E-state index contributed by atoms with van der Waals surface area (Å²) in [6.45, 7) is 0. The molecule has 9 heavy (non-hydrogen) atoms. The minimum atomic E-state index is 0.0231. The van der Waals surface area contributed by atoms with Crippen molar-refractivity contribution in [1.29, 1.82) is 0 Å². The lowest BCUT2D eigenvalue weighted by Crippen LogP contribution is -1.78. The first kappa shape index (κ1) is 4.43. The fourth-order valence-electron chi connectivity index (χ4n) is 0.716. The van der Waals surface area contributed by atoms with E-state index in [-0.39, 0.29) is 5.88 Å². The fourth-order valence-corrected chi connectivity index (χ4v) is 0.716. The molecule has 2 rings (SSSR count). The highest BCUT2D eigenvalue weighted by atomic mass is 16.4. The van der Waals surface area contributed by atoms with Crippen LogP contribution < -0.4 is 0 Å². The SMILES string of the molecule is Oc1coc2ccnn12. The van der Waals surface area contributed by atoms with E-state index in [0.717, 1.165) is 0 Å². The van der Waals surface area contributed by atoms with Crippen LogP contribution in [0.25, 0.3) is 5.71 Å². The van der Waals surface area contributed by atoms with Crippen LogP contribution in [0.5, 0.6) is 5.88 Å². The van der Waals surface area contributed by atoms with Crippen molar-refractivity contribution in [3.8, 4) is 5.88 Å². The first-order valence-electron chi connectivity index (χ1n) is 2.48. The number of hydrogen-bond acceptors (Lipinski definition) is 3. The van der Waals surface area contributed by atoms with Crippen LogP contribution in [0.4, 0.5) is 0 Å². The summed E-state index contributed by atoms with van der Waals surface area (Å²) in [5.41, 5.74) is 0.549. The topological polar surface area (TPSA) is 50.7 Å². The molecule has 0 amide bonds. The van der Waals surface area contributed by atoms with E-state index < -0.39 is 0 Å². The molecule has 0 radical (unpaired) electrons. The summed E-state index contributed by atoms with van der Waals surface area (Å²) in [5.74, 6) is 0.0231. The third-order valence-corrected chi connectivity index (χ3v) is 1.11. The first-order valence-corrected chi connectivity index (χ1v) is 2.48. The molecule has 46 valence electrons. The van der Waals surface area contributed by atoms with Crippen LogP contribution in [-0.4, -0.2) is 14.7 Å². The summed E-state index contributed by atoms with van der Waals surface area (Å²) in [6.07, 6.45) is 2.79. The maximum absolute atomic E-state index is 8.91. The van der Waals surface area contributed by atoms with Gasteiger partial charge in [-0.1, -0.05) is 0 Å². The molecule has 4 heteroatoms. The van der Waals surface area contributed by atoms with Gasteiger partial charge in [0, 0.05) is 6.07 Å². The number of aromatic hydroxyl groups is 1. The highest BCUT2D eigenvalue weighted by Crippen LogP contribution is 2.12. The van der Waals surface area contributed by atoms with Gasteiger partial charge in [0.15, 0.2) is 6.26 Å². The predicted molar refractivity (Wildman–Crippen MR) is 29.1 cm³/mol. The predicted octanol–water partition coefficient (Wildman–Crippen LogP) is 0.633. The Balaban J connectivity index is 2.99. The molecule has 2 aromatic rings. The van der Waals surface area contributed by atoms with Crippen LogP contribution >= 0.6 is 0 Å². The molecule has 0 aromatic carbocycles. The van der Waals surface area contributed by atoms with E-state index in [0.29, 0.717) is 5.71 Å². The van der Waals surface area contributed by atoms with Crippen molar-refractivity contribution in [1.82, 2.24) is 9.61 Å². The third-order valence-electron chi connectivity index (χ3n) is 1.11. The standard InChI is InChI=1S/C5H4N2O2/c8-4-3-9-5-1-2-6-7(4)5/h1-3,8H. The largest absolute Gasteiger partial charge is 0.491 e. The Bertz CT molecular complexity index is 322. The molecule has 2 aromatic heterocycles. The monoisotopic (exact) mass is 124 g/mol. The highest BCUT2D eigenvalue weighted by molar-refractivity contribution is 5.34. The lowest BCUT2D eigenvalue weighted by Gasteiger charge is -1.78. The van der Waals surface area contributed by atoms with Gasteiger partial charge in [-0.15, -0.1) is 0 Å². The number of hydrogen-bond donors (Lipinski definition) is 1. The molecule has 0 aliphatic heterocycles. The van der Waals surface area contributed by atoms with Gasteiger partial charge in [-0.05, 0) is 0 Å². The minimum absolute atomic E-state index is 0.0231. The van der Waals surface area contributed by atoms with Crippen LogP contribution in [0.15, 0.2) is 22.9 Å². The Kier molecular flexibility index (Phi) is 0.631. The number of fused-ring (bicyclic) bond motifs is 1. The molecule has 0 aliphatic carbocycles. The van der Waals surface area contributed by atoms with Gasteiger partial charge in [-0.3, -0.25) is 0 Å². The molecular formula is C5H4N2O2. The molecule has 0 bridgehead atoms. The summed E-state index contributed by atoms with van der Waals surface area (Å²) < 4.78 is 6.14. The Hall–Kier alpha value is -1.45. The summed E-state index contributed by atoms with van der Waals surface area (Å²) in [4.78, 5) is 0. The minimum Gasteiger partial charge on any atom is -0.491 e. The summed E-state index contributed by atoms with van der Waals surface area (Å²) >= 11 is 0. The van der Waals surface area contributed by atoms with Crippen molar-refractivity contribution in [3.63, 3.8) is 0 Å². The lowest BCUT2D eigenvalue weighted by atomic mass is 10.7. The van der Waals surface area contributed by atoms with Crippen LogP contribution in [0, 0.1) is 0 Å². The average Bonchev–Trinajstić information content (AvgIpc) is 2.35. The molecule has 0 fully saturated rings. The van der Waals surface area contributed by atoms with Crippen LogP contribution in [0.3, 0.4) is 0 Å². The van der Waals surface area contributed by atoms with Gasteiger partial charge in [-0.25, -0.2) is 0 Å². The molecular weight excluding hydrogens is 120 g/mol. The second kappa shape index (κ2) is 1.28. The average molecular weight is 124 g/mol. The number of aromatic nitrogens is 2. The van der Waals surface area contributed by atoms with Gasteiger partial charge in [0.05, 0.1) is 6.20 Å². The van der Waals surface area contributed by atoms with Crippen LogP contribution in [0.1, 0.15) is 0 Å². The van der Waals surface area contributed by atoms with E-state index in [1.807, 2.05) is 0 Å². The first-order chi connectivity index (χ1) is 4.38. The van der Waals surface area contributed by atoms with E-state index in [1.54, 1.807) is 12.3 Å². The van der Waals surface area contributed by atoms with Gasteiger partial charge in [0.2, 0.25) is 5.71 Å². The normalized spacial score (nSPS) is 10.7. The van der Waals surface area contributed by atoms with Crippen molar-refractivity contribution in [3.05, 3.63) is 18.5 Å². The van der Waals surface area contributed by atoms with Crippen molar-refractivity contribution in [2.24, 2.45) is 0 Å². The van der Waals surface area contributed by atoms with E-state index in [1.165, 1.54) is 10.8 Å². The summed E-state index contributed by atoms with van der Waals surface area (Å²) in [6, 6.07) is 1.67. The molecule has 0 saturated carbocycles. The quantitative estimate of drug-likeness (QED) is 0.560. The highest BCUT2D eigenvalue weighted by Gasteiger charge is 2.00. The number of rotatable bonds is 0. The smallest absolute Gasteiger partial charge is 0.251 e. The summed E-state index contributed by atoms with van der Waals surface area (Å²) in [5, 5.41) is 12.7. The van der Waals surface area contributed by atoms with E-state index in [2.05, 4.69) is 5.10 Å². The van der Waals surface area contributed by atoms with Gasteiger partial charge in [-0.2, -0.15) is 9.61 Å². The molecule has 0 saturated heterocycles. The van der Waals surface area contributed by atoms with Crippen LogP contribution in [-0.2, 0) is 0 Å². The van der Waals surface area contributed by atoms with Crippen molar-refractivity contribution in [2.45, 2.75) is 0 Å². The molecule has 0 atom stereocenters. The molecule has 0 aliphatic rings. The Morgan fingerprint density at radius 1 is 1.67 bits per heavy atom. The van der Waals surface area contributed by atoms with E-state index in [4.69, 9.17) is 9.52 Å². The molecule has 0 unspecified atom stereocenters. The maximum Gasteiger partial charge on any atom is 0.251 e. The zero-order valence-corrected chi connectivity index (χ0v) is 4.48. The van der Waals surface area contributed by atoms with Gasteiger partial charge in [0.25, 0.3) is 5.88 Å². The number of oxazole rings is 1. The van der Waals surface area contributed by atoms with E-state index >= 15 is 0 Å². The van der Waals surface area contributed by atoms with Crippen molar-refractivity contribution in [2.75, 3.05) is 0 Å². The van der Waals surface area contributed by atoms with E-state index in [9.17, 15) is 0 Å². The maximum atomic E-state index is 8.91. The van der Waals surface area contributed by atoms with Gasteiger partial charge < -0.3 is 9.52 Å². The number of nitrogens with zero attached hydrogens (tertiary/aromatic N) is 2. The second-order valence-electron chi connectivity index (χ2n) is 1.68. The van der Waals surface area contributed by atoms with Crippen LogP contribution in [0.2, 0.25) is 0 Å². The summed E-state index contributed by atoms with van der Waals surface area (Å²) in [7, 11) is 0. The van der Waals surface area contributed by atoms with Crippen molar-refractivity contribution >= 4 is 5.71 Å².